The van der Waals surface area contributed by atoms with E-state index in [1.165, 1.54) is 0 Å². The van der Waals surface area contributed by atoms with Crippen molar-refractivity contribution < 1.29 is 14.6 Å². The van der Waals surface area contributed by atoms with Gasteiger partial charge in [0.1, 0.15) is 6.61 Å². The Bertz CT molecular complexity index is 690. The van der Waals surface area contributed by atoms with E-state index in [2.05, 4.69) is 5.32 Å². The number of methoxy groups -OCH3 is 1. The molecule has 1 atom stereocenters. The van der Waals surface area contributed by atoms with Crippen LogP contribution in [0.3, 0.4) is 0 Å². The maximum absolute atomic E-state index is 9.26. The second-order valence-corrected chi connectivity index (χ2v) is 6.47. The van der Waals surface area contributed by atoms with Gasteiger partial charge < -0.3 is 19.9 Å². The monoisotopic (exact) mass is 383 g/mol. The largest absolute Gasteiger partial charge is 0.493 e. The van der Waals surface area contributed by atoms with Crippen molar-refractivity contribution in [1.82, 2.24) is 5.32 Å². The number of halogens is 2. The molecular weight excluding hydrogens is 361 g/mol. The predicted molar refractivity (Wildman–Crippen MR) is 102 cm³/mol. The second kappa shape index (κ2) is 9.88. The maximum Gasteiger partial charge on any atom is 0.180 e. The molecule has 2 aromatic carbocycles. The molecule has 25 heavy (non-hydrogen) atoms. The third kappa shape index (κ3) is 5.51. The highest BCUT2D eigenvalue weighted by molar-refractivity contribution is 6.32. The highest BCUT2D eigenvalue weighted by atomic mass is 35.5. The first-order valence-electron chi connectivity index (χ1n) is 8.15. The number of hydrogen-bond donors (Lipinski definition) is 2. The van der Waals surface area contributed by atoms with Crippen molar-refractivity contribution in [2.45, 2.75) is 32.5 Å². The lowest BCUT2D eigenvalue weighted by molar-refractivity contribution is 0.238. The fourth-order valence-corrected chi connectivity index (χ4v) is 2.86. The lowest BCUT2D eigenvalue weighted by Crippen LogP contribution is -2.31. The van der Waals surface area contributed by atoms with Crippen molar-refractivity contribution >= 4 is 23.2 Å². The third-order valence-corrected chi connectivity index (χ3v) is 4.58. The molecule has 0 aliphatic rings. The zero-order valence-electron chi connectivity index (χ0n) is 14.4. The van der Waals surface area contributed by atoms with E-state index in [-0.39, 0.29) is 12.6 Å². The molecule has 4 nitrogen and oxygen atoms in total. The van der Waals surface area contributed by atoms with Crippen LogP contribution in [0, 0.1) is 0 Å². The minimum Gasteiger partial charge on any atom is -0.493 e. The SMILES string of the molecule is CC[C@@H](CO)NCc1cc(Cl)c(OCc2ccccc2Cl)c(OC)c1. The first-order valence-corrected chi connectivity index (χ1v) is 8.91. The summed E-state index contributed by atoms with van der Waals surface area (Å²) in [5.74, 6) is 1.05. The number of ether oxygens (including phenoxy) is 2. The van der Waals surface area contributed by atoms with Crippen LogP contribution >= 0.6 is 23.2 Å². The number of rotatable bonds is 9. The van der Waals surface area contributed by atoms with Gasteiger partial charge in [0.2, 0.25) is 0 Å². The Labute approximate surface area is 158 Å². The Balaban J connectivity index is 2.12. The fraction of sp³-hybridized carbons (Fsp3) is 0.368. The van der Waals surface area contributed by atoms with Crippen LogP contribution in [0.2, 0.25) is 10.0 Å². The lowest BCUT2D eigenvalue weighted by Gasteiger charge is -2.17. The van der Waals surface area contributed by atoms with Gasteiger partial charge in [-0.15, -0.1) is 0 Å². The smallest absolute Gasteiger partial charge is 0.180 e. The molecule has 0 aliphatic carbocycles. The van der Waals surface area contributed by atoms with Gasteiger partial charge in [-0.3, -0.25) is 0 Å². The van der Waals surface area contributed by atoms with Crippen molar-refractivity contribution in [3.05, 3.63) is 57.6 Å². The Morgan fingerprint density at radius 1 is 1.16 bits per heavy atom. The van der Waals surface area contributed by atoms with Gasteiger partial charge in [0, 0.05) is 23.2 Å². The van der Waals surface area contributed by atoms with Crippen LogP contribution in [0.15, 0.2) is 36.4 Å². The summed E-state index contributed by atoms with van der Waals surface area (Å²) in [4.78, 5) is 0. The van der Waals surface area contributed by atoms with Crippen LogP contribution in [-0.4, -0.2) is 24.9 Å². The molecule has 136 valence electrons. The number of aliphatic hydroxyl groups is 1. The molecular formula is C19H23Cl2NO3. The number of hydrogen-bond acceptors (Lipinski definition) is 4. The molecule has 0 saturated carbocycles. The standard InChI is InChI=1S/C19H23Cl2NO3/c1-3-15(11-23)22-10-13-8-17(21)19(18(9-13)24-2)25-12-14-6-4-5-7-16(14)20/h4-9,15,22-23H,3,10-12H2,1-2H3/t15-/m0/s1. The third-order valence-electron chi connectivity index (χ3n) is 3.93. The Morgan fingerprint density at radius 3 is 2.56 bits per heavy atom. The van der Waals surface area contributed by atoms with Crippen LogP contribution in [0.25, 0.3) is 0 Å². The van der Waals surface area contributed by atoms with Crippen LogP contribution in [0.5, 0.6) is 11.5 Å². The minimum absolute atomic E-state index is 0.0564. The summed E-state index contributed by atoms with van der Waals surface area (Å²) in [6.45, 7) is 3.00. The van der Waals surface area contributed by atoms with Crippen molar-refractivity contribution in [2.75, 3.05) is 13.7 Å². The summed E-state index contributed by atoms with van der Waals surface area (Å²) < 4.78 is 11.3. The molecule has 0 fully saturated rings. The van der Waals surface area contributed by atoms with Gasteiger partial charge in [-0.05, 0) is 30.2 Å². The Morgan fingerprint density at radius 2 is 1.92 bits per heavy atom. The number of aliphatic hydroxyl groups excluding tert-OH is 1. The van der Waals surface area contributed by atoms with Gasteiger partial charge in [0.15, 0.2) is 11.5 Å². The van der Waals surface area contributed by atoms with E-state index in [9.17, 15) is 5.11 Å². The zero-order valence-corrected chi connectivity index (χ0v) is 15.9. The summed E-state index contributed by atoms with van der Waals surface area (Å²) in [5, 5.41) is 13.7. The molecule has 0 saturated heterocycles. The summed E-state index contributed by atoms with van der Waals surface area (Å²) >= 11 is 12.5. The molecule has 0 aromatic heterocycles. The average molecular weight is 384 g/mol. The highest BCUT2D eigenvalue weighted by Crippen LogP contribution is 2.37. The van der Waals surface area contributed by atoms with E-state index in [0.29, 0.717) is 34.7 Å². The van der Waals surface area contributed by atoms with E-state index in [4.69, 9.17) is 32.7 Å². The van der Waals surface area contributed by atoms with Crippen LogP contribution in [0.4, 0.5) is 0 Å². The van der Waals surface area contributed by atoms with Gasteiger partial charge in [0.25, 0.3) is 0 Å². The van der Waals surface area contributed by atoms with Crippen molar-refractivity contribution in [3.8, 4) is 11.5 Å². The second-order valence-electron chi connectivity index (χ2n) is 5.66. The molecule has 0 heterocycles. The van der Waals surface area contributed by atoms with Gasteiger partial charge >= 0.3 is 0 Å². The van der Waals surface area contributed by atoms with E-state index < -0.39 is 0 Å². The van der Waals surface area contributed by atoms with Crippen LogP contribution in [-0.2, 0) is 13.2 Å². The van der Waals surface area contributed by atoms with E-state index >= 15 is 0 Å². The first kappa shape index (κ1) is 19.9. The molecule has 0 spiro atoms. The van der Waals surface area contributed by atoms with Crippen LogP contribution < -0.4 is 14.8 Å². The molecule has 2 aromatic rings. The molecule has 2 N–H and O–H groups in total. The highest BCUT2D eigenvalue weighted by Gasteiger charge is 2.14. The fourth-order valence-electron chi connectivity index (χ4n) is 2.38. The summed E-state index contributed by atoms with van der Waals surface area (Å²) in [6, 6.07) is 11.3. The maximum atomic E-state index is 9.26. The number of nitrogens with one attached hydrogen (secondary N) is 1. The molecule has 0 radical (unpaired) electrons. The quantitative estimate of drug-likeness (QED) is 0.671. The molecule has 2 rings (SSSR count). The van der Waals surface area contributed by atoms with Gasteiger partial charge in [0.05, 0.1) is 18.7 Å². The van der Waals surface area contributed by atoms with Gasteiger partial charge in [-0.1, -0.05) is 48.3 Å². The van der Waals surface area contributed by atoms with Crippen molar-refractivity contribution in [1.29, 1.82) is 0 Å². The lowest BCUT2D eigenvalue weighted by atomic mass is 10.1. The zero-order chi connectivity index (χ0) is 18.2. The summed E-state index contributed by atoms with van der Waals surface area (Å²) in [7, 11) is 1.58. The van der Waals surface area contributed by atoms with Gasteiger partial charge in [-0.25, -0.2) is 0 Å². The summed E-state index contributed by atoms with van der Waals surface area (Å²) in [5.41, 5.74) is 1.83. The van der Waals surface area contributed by atoms with E-state index in [0.717, 1.165) is 17.5 Å². The van der Waals surface area contributed by atoms with Crippen molar-refractivity contribution in [2.24, 2.45) is 0 Å². The number of benzene rings is 2. The summed E-state index contributed by atoms with van der Waals surface area (Å²) in [6.07, 6.45) is 0.848. The van der Waals surface area contributed by atoms with E-state index in [1.54, 1.807) is 7.11 Å². The molecule has 0 aliphatic heterocycles. The van der Waals surface area contributed by atoms with Gasteiger partial charge in [-0.2, -0.15) is 0 Å². The predicted octanol–water partition coefficient (Wildman–Crippen LogP) is 4.44. The normalized spacial score (nSPS) is 12.0. The first-order chi connectivity index (χ1) is 12.1. The Hall–Kier alpha value is -1.46. The van der Waals surface area contributed by atoms with E-state index in [1.807, 2.05) is 43.3 Å². The molecule has 0 unspecified atom stereocenters. The molecule has 0 bridgehead atoms. The molecule has 0 amide bonds. The minimum atomic E-state index is 0.0564. The Kier molecular flexibility index (Phi) is 7.85. The van der Waals surface area contributed by atoms with Crippen molar-refractivity contribution in [3.63, 3.8) is 0 Å². The van der Waals surface area contributed by atoms with Crippen LogP contribution in [0.1, 0.15) is 24.5 Å². The molecule has 6 heteroatoms. The topological polar surface area (TPSA) is 50.7 Å². The average Bonchev–Trinajstić information content (AvgIpc) is 2.62.